The third-order valence-corrected chi connectivity index (χ3v) is 6.51. The summed E-state index contributed by atoms with van der Waals surface area (Å²) in [5.41, 5.74) is 3.52. The van der Waals surface area contributed by atoms with Crippen LogP contribution in [0.2, 0.25) is 5.02 Å². The third-order valence-electron chi connectivity index (χ3n) is 6.26. The zero-order valence-electron chi connectivity index (χ0n) is 18.0. The van der Waals surface area contributed by atoms with Gasteiger partial charge in [0.25, 0.3) is 0 Å². The molecule has 1 aliphatic carbocycles. The molecule has 30 heavy (non-hydrogen) atoms. The largest absolute Gasteiger partial charge is 0.353 e. The van der Waals surface area contributed by atoms with E-state index in [4.69, 9.17) is 11.6 Å². The number of hydrogen-bond acceptors (Lipinski definition) is 5. The molecule has 1 aromatic heterocycles. The lowest BCUT2D eigenvalue weighted by molar-refractivity contribution is -0.133. The first-order valence-corrected chi connectivity index (χ1v) is 11.1. The molecular formula is C23H30ClN5O. The summed E-state index contributed by atoms with van der Waals surface area (Å²) in [6.07, 6.45) is 3.88. The second-order valence-electron chi connectivity index (χ2n) is 8.68. The molecule has 1 aliphatic heterocycles. The number of rotatable bonds is 5. The molecule has 0 spiro atoms. The lowest BCUT2D eigenvalue weighted by atomic mass is 9.96. The topological polar surface area (TPSA) is 52.6 Å². The number of benzene rings is 1. The number of aryl methyl sites for hydroxylation is 1. The van der Waals surface area contributed by atoms with Crippen LogP contribution in [0.5, 0.6) is 0 Å². The quantitative estimate of drug-likeness (QED) is 0.733. The summed E-state index contributed by atoms with van der Waals surface area (Å²) in [6.45, 7) is 5.97. The predicted molar refractivity (Wildman–Crippen MR) is 120 cm³/mol. The molecule has 160 valence electrons. The molecule has 1 saturated heterocycles. The molecule has 1 fully saturated rings. The highest BCUT2D eigenvalue weighted by atomic mass is 35.5. The van der Waals surface area contributed by atoms with Crippen molar-refractivity contribution < 1.29 is 4.79 Å². The van der Waals surface area contributed by atoms with Gasteiger partial charge in [0.05, 0.1) is 5.92 Å². The summed E-state index contributed by atoms with van der Waals surface area (Å²) >= 11 is 6.05. The lowest BCUT2D eigenvalue weighted by Gasteiger charge is -2.38. The molecule has 0 unspecified atom stereocenters. The van der Waals surface area contributed by atoms with Gasteiger partial charge < -0.3 is 14.7 Å². The Morgan fingerprint density at radius 3 is 2.53 bits per heavy atom. The van der Waals surface area contributed by atoms with E-state index in [0.717, 1.165) is 37.3 Å². The number of nitrogens with zero attached hydrogens (tertiary/aromatic N) is 5. The predicted octanol–water partition coefficient (Wildman–Crippen LogP) is 3.17. The Balaban J connectivity index is 1.47. The number of aromatic nitrogens is 2. The van der Waals surface area contributed by atoms with E-state index >= 15 is 0 Å². The molecule has 0 N–H and O–H groups in total. The summed E-state index contributed by atoms with van der Waals surface area (Å²) in [6, 6.07) is 7.66. The number of anilines is 1. The van der Waals surface area contributed by atoms with Gasteiger partial charge in [0.2, 0.25) is 5.91 Å². The summed E-state index contributed by atoms with van der Waals surface area (Å²) in [7, 11) is 4.01. The molecule has 4 rings (SSSR count). The van der Waals surface area contributed by atoms with Gasteiger partial charge in [-0.25, -0.2) is 9.97 Å². The highest BCUT2D eigenvalue weighted by molar-refractivity contribution is 6.30. The van der Waals surface area contributed by atoms with Crippen LogP contribution in [0.3, 0.4) is 0 Å². The fraction of sp³-hybridized carbons (Fsp3) is 0.522. The van der Waals surface area contributed by atoms with Crippen LogP contribution >= 0.6 is 11.6 Å². The smallest absolute Gasteiger partial charge is 0.231 e. The van der Waals surface area contributed by atoms with E-state index in [1.165, 1.54) is 11.3 Å². The van der Waals surface area contributed by atoms with Gasteiger partial charge in [-0.1, -0.05) is 30.7 Å². The number of halogens is 1. The van der Waals surface area contributed by atoms with E-state index in [-0.39, 0.29) is 11.8 Å². The van der Waals surface area contributed by atoms with Gasteiger partial charge >= 0.3 is 0 Å². The van der Waals surface area contributed by atoms with E-state index < -0.39 is 0 Å². The van der Waals surface area contributed by atoms with Gasteiger partial charge in [0.15, 0.2) is 0 Å². The molecule has 2 atom stereocenters. The first-order valence-electron chi connectivity index (χ1n) is 10.7. The Hall–Kier alpha value is -2.18. The number of fused-ring (bicyclic) bond motifs is 1. The minimum atomic E-state index is -0.188. The van der Waals surface area contributed by atoms with Gasteiger partial charge in [-0.05, 0) is 50.6 Å². The van der Waals surface area contributed by atoms with Crippen LogP contribution in [-0.2, 0) is 11.2 Å². The lowest BCUT2D eigenvalue weighted by Crippen LogP contribution is -2.51. The van der Waals surface area contributed by atoms with Crippen molar-refractivity contribution in [3.05, 3.63) is 52.4 Å². The molecule has 0 radical (unpaired) electrons. The van der Waals surface area contributed by atoms with E-state index in [2.05, 4.69) is 26.7 Å². The zero-order valence-corrected chi connectivity index (χ0v) is 18.8. The Kier molecular flexibility index (Phi) is 6.25. The maximum absolute atomic E-state index is 13.4. The van der Waals surface area contributed by atoms with Gasteiger partial charge in [-0.3, -0.25) is 4.79 Å². The average Bonchev–Trinajstić information content (AvgIpc) is 3.13. The van der Waals surface area contributed by atoms with Crippen LogP contribution in [-0.4, -0.2) is 72.5 Å². The van der Waals surface area contributed by atoms with Crippen molar-refractivity contribution in [3.63, 3.8) is 0 Å². The van der Waals surface area contributed by atoms with Crippen LogP contribution < -0.4 is 4.90 Å². The van der Waals surface area contributed by atoms with Crippen LogP contribution in [0.25, 0.3) is 0 Å². The Bertz CT molecular complexity index is 893. The fourth-order valence-electron chi connectivity index (χ4n) is 4.62. The molecular weight excluding hydrogens is 398 g/mol. The molecule has 7 heteroatoms. The second-order valence-corrected chi connectivity index (χ2v) is 9.11. The minimum Gasteiger partial charge on any atom is -0.353 e. The van der Waals surface area contributed by atoms with Crippen LogP contribution in [0, 0.1) is 0 Å². The maximum Gasteiger partial charge on any atom is 0.231 e. The Labute approximate surface area is 183 Å². The normalized spacial score (nSPS) is 19.8. The first-order chi connectivity index (χ1) is 14.4. The fourth-order valence-corrected chi connectivity index (χ4v) is 4.75. The summed E-state index contributed by atoms with van der Waals surface area (Å²) < 4.78 is 0. The van der Waals surface area contributed by atoms with Crippen molar-refractivity contribution in [1.82, 2.24) is 19.8 Å². The van der Waals surface area contributed by atoms with Gasteiger partial charge in [-0.2, -0.15) is 0 Å². The van der Waals surface area contributed by atoms with E-state index in [1.807, 2.05) is 43.3 Å². The van der Waals surface area contributed by atoms with Gasteiger partial charge in [0.1, 0.15) is 12.1 Å². The summed E-state index contributed by atoms with van der Waals surface area (Å²) in [5, 5.41) is 0.690. The molecule has 2 aliphatic rings. The van der Waals surface area contributed by atoms with Crippen molar-refractivity contribution in [2.24, 2.45) is 0 Å². The van der Waals surface area contributed by atoms with Gasteiger partial charge in [0, 0.05) is 49.0 Å². The van der Waals surface area contributed by atoms with Gasteiger partial charge in [-0.15, -0.1) is 0 Å². The van der Waals surface area contributed by atoms with Crippen LogP contribution in [0.1, 0.15) is 42.0 Å². The number of hydrogen-bond donors (Lipinski definition) is 0. The number of carbonyl (C=O) groups excluding carboxylic acids is 1. The highest BCUT2D eigenvalue weighted by Crippen LogP contribution is 2.37. The van der Waals surface area contributed by atoms with E-state index in [9.17, 15) is 4.79 Å². The Morgan fingerprint density at radius 1 is 1.17 bits per heavy atom. The first kappa shape index (κ1) is 21.1. The summed E-state index contributed by atoms with van der Waals surface area (Å²) in [4.78, 5) is 28.9. The molecule has 2 heterocycles. The van der Waals surface area contributed by atoms with Crippen molar-refractivity contribution >= 4 is 23.3 Å². The number of piperazine rings is 1. The minimum absolute atomic E-state index is 0.187. The average molecular weight is 428 g/mol. The van der Waals surface area contributed by atoms with Crippen molar-refractivity contribution in [3.8, 4) is 0 Å². The summed E-state index contributed by atoms with van der Waals surface area (Å²) in [5.74, 6) is 1.57. The standard InChI is InChI=1S/C23H30ClN5O/c1-16-4-9-20-21(16)22(26-15-25-20)28-10-12-29(13-11-28)23(30)19(14-27(2)3)17-5-7-18(24)8-6-17/h5-8,15-16,19H,4,9-14H2,1-3H3/t16-,19-/m1/s1. The highest BCUT2D eigenvalue weighted by Gasteiger charge is 2.32. The molecule has 0 saturated carbocycles. The van der Waals surface area contributed by atoms with E-state index in [1.54, 1.807) is 6.33 Å². The maximum atomic E-state index is 13.4. The number of likely N-dealkylation sites (N-methyl/N-ethyl adjacent to an activating group) is 1. The molecule has 6 nitrogen and oxygen atoms in total. The SMILES string of the molecule is C[C@@H]1CCc2ncnc(N3CCN(C(=O)[C@H](CN(C)C)c4ccc(Cl)cc4)CC3)c21. The monoisotopic (exact) mass is 427 g/mol. The molecule has 1 amide bonds. The molecule has 2 aromatic rings. The van der Waals surface area contributed by atoms with E-state index in [0.29, 0.717) is 30.6 Å². The zero-order chi connectivity index (χ0) is 21.3. The van der Waals surface area contributed by atoms with Crippen molar-refractivity contribution in [1.29, 1.82) is 0 Å². The second kappa shape index (κ2) is 8.90. The van der Waals surface area contributed by atoms with Crippen molar-refractivity contribution in [2.75, 3.05) is 51.7 Å². The molecule has 1 aromatic carbocycles. The van der Waals surface area contributed by atoms with Crippen molar-refractivity contribution in [2.45, 2.75) is 31.6 Å². The third kappa shape index (κ3) is 4.30. The van der Waals surface area contributed by atoms with Crippen LogP contribution in [0.4, 0.5) is 5.82 Å². The Morgan fingerprint density at radius 2 is 1.87 bits per heavy atom. The molecule has 0 bridgehead atoms. The van der Waals surface area contributed by atoms with Crippen LogP contribution in [0.15, 0.2) is 30.6 Å². The number of carbonyl (C=O) groups is 1. The number of amides is 1.